The SMILES string of the molecule is Cc1ccc(-c2ccc(N)c(C)c2)c(C)c1. The Morgan fingerprint density at radius 2 is 1.56 bits per heavy atom. The summed E-state index contributed by atoms with van der Waals surface area (Å²) < 4.78 is 0. The van der Waals surface area contributed by atoms with Crippen LogP contribution in [-0.2, 0) is 0 Å². The molecule has 2 N–H and O–H groups in total. The van der Waals surface area contributed by atoms with E-state index >= 15 is 0 Å². The maximum absolute atomic E-state index is 5.83. The molecule has 0 saturated heterocycles. The number of benzene rings is 2. The van der Waals surface area contributed by atoms with Crippen LogP contribution in [0.4, 0.5) is 5.69 Å². The second-order valence-electron chi connectivity index (χ2n) is 4.39. The summed E-state index contributed by atoms with van der Waals surface area (Å²) >= 11 is 0. The number of aryl methyl sites for hydroxylation is 3. The Morgan fingerprint density at radius 1 is 0.812 bits per heavy atom. The van der Waals surface area contributed by atoms with Crippen molar-refractivity contribution in [2.45, 2.75) is 20.8 Å². The van der Waals surface area contributed by atoms with E-state index in [1.54, 1.807) is 0 Å². The molecule has 1 nitrogen and oxygen atoms in total. The van der Waals surface area contributed by atoms with E-state index in [-0.39, 0.29) is 0 Å². The van der Waals surface area contributed by atoms with Crippen LogP contribution in [0.25, 0.3) is 11.1 Å². The quantitative estimate of drug-likeness (QED) is 0.712. The van der Waals surface area contributed by atoms with Gasteiger partial charge in [-0.3, -0.25) is 0 Å². The third kappa shape index (κ3) is 1.94. The second kappa shape index (κ2) is 4.01. The van der Waals surface area contributed by atoms with Crippen molar-refractivity contribution >= 4 is 5.69 Å². The summed E-state index contributed by atoms with van der Waals surface area (Å²) in [4.78, 5) is 0. The van der Waals surface area contributed by atoms with Crippen molar-refractivity contribution in [3.63, 3.8) is 0 Å². The molecule has 0 unspecified atom stereocenters. The zero-order valence-corrected chi connectivity index (χ0v) is 10.0. The monoisotopic (exact) mass is 211 g/mol. The van der Waals surface area contributed by atoms with Crippen LogP contribution in [0.15, 0.2) is 36.4 Å². The Balaban J connectivity index is 2.54. The zero-order valence-electron chi connectivity index (χ0n) is 10.0. The van der Waals surface area contributed by atoms with Crippen LogP contribution in [0.5, 0.6) is 0 Å². The molecule has 2 aromatic rings. The molecule has 0 bridgehead atoms. The van der Waals surface area contributed by atoms with Crippen molar-refractivity contribution in [1.29, 1.82) is 0 Å². The molecule has 0 fully saturated rings. The van der Waals surface area contributed by atoms with Gasteiger partial charge >= 0.3 is 0 Å². The molecule has 2 aromatic carbocycles. The van der Waals surface area contributed by atoms with Crippen LogP contribution in [0.2, 0.25) is 0 Å². The second-order valence-corrected chi connectivity index (χ2v) is 4.39. The molecular formula is C15H17N. The molecular weight excluding hydrogens is 194 g/mol. The highest BCUT2D eigenvalue weighted by molar-refractivity contribution is 5.70. The van der Waals surface area contributed by atoms with Gasteiger partial charge < -0.3 is 5.73 Å². The van der Waals surface area contributed by atoms with Gasteiger partial charge in [0, 0.05) is 5.69 Å². The Labute approximate surface area is 96.9 Å². The lowest BCUT2D eigenvalue weighted by Crippen LogP contribution is -1.91. The lowest BCUT2D eigenvalue weighted by Gasteiger charge is -2.09. The lowest BCUT2D eigenvalue weighted by molar-refractivity contribution is 1.37. The molecule has 1 heteroatoms. The average Bonchev–Trinajstić information content (AvgIpc) is 2.22. The first-order valence-electron chi connectivity index (χ1n) is 5.51. The minimum Gasteiger partial charge on any atom is -0.399 e. The normalized spacial score (nSPS) is 10.4. The topological polar surface area (TPSA) is 26.0 Å². The lowest BCUT2D eigenvalue weighted by atomic mass is 9.97. The number of hydrogen-bond donors (Lipinski definition) is 1. The van der Waals surface area contributed by atoms with Crippen LogP contribution in [0, 0.1) is 20.8 Å². The van der Waals surface area contributed by atoms with Crippen LogP contribution < -0.4 is 5.73 Å². The standard InChI is InChI=1S/C15H17N/c1-10-4-6-14(11(2)8-10)13-5-7-15(16)12(3)9-13/h4-9H,16H2,1-3H3. The third-order valence-corrected chi connectivity index (χ3v) is 2.96. The van der Waals surface area contributed by atoms with Gasteiger partial charge in [-0.05, 0) is 55.2 Å². The molecule has 2 rings (SSSR count). The number of rotatable bonds is 1. The van der Waals surface area contributed by atoms with Gasteiger partial charge in [0.2, 0.25) is 0 Å². The Bertz CT molecular complexity index is 527. The average molecular weight is 211 g/mol. The minimum absolute atomic E-state index is 0.855. The molecule has 0 spiro atoms. The number of nitrogens with two attached hydrogens (primary N) is 1. The maximum Gasteiger partial charge on any atom is 0.0344 e. The smallest absolute Gasteiger partial charge is 0.0344 e. The van der Waals surface area contributed by atoms with Gasteiger partial charge in [-0.15, -0.1) is 0 Å². The van der Waals surface area contributed by atoms with E-state index in [1.807, 2.05) is 13.0 Å². The van der Waals surface area contributed by atoms with E-state index < -0.39 is 0 Å². The van der Waals surface area contributed by atoms with Crippen LogP contribution >= 0.6 is 0 Å². The molecule has 0 heterocycles. The molecule has 0 aromatic heterocycles. The van der Waals surface area contributed by atoms with Crippen molar-refractivity contribution < 1.29 is 0 Å². The van der Waals surface area contributed by atoms with E-state index in [4.69, 9.17) is 5.73 Å². The summed E-state index contributed by atoms with van der Waals surface area (Å²) in [5, 5.41) is 0. The van der Waals surface area contributed by atoms with Gasteiger partial charge in [-0.2, -0.15) is 0 Å². The minimum atomic E-state index is 0.855. The molecule has 0 radical (unpaired) electrons. The molecule has 0 aliphatic carbocycles. The summed E-state index contributed by atoms with van der Waals surface area (Å²) in [7, 11) is 0. The molecule has 16 heavy (non-hydrogen) atoms. The molecule has 82 valence electrons. The van der Waals surface area contributed by atoms with Gasteiger partial charge in [0.25, 0.3) is 0 Å². The Kier molecular flexibility index (Phi) is 2.69. The molecule has 0 aliphatic heterocycles. The predicted molar refractivity (Wildman–Crippen MR) is 70.5 cm³/mol. The van der Waals surface area contributed by atoms with Crippen LogP contribution in [-0.4, -0.2) is 0 Å². The fourth-order valence-corrected chi connectivity index (χ4v) is 1.98. The van der Waals surface area contributed by atoms with Gasteiger partial charge in [-0.1, -0.05) is 29.8 Å². The molecule has 0 saturated carbocycles. The van der Waals surface area contributed by atoms with Gasteiger partial charge in [0.15, 0.2) is 0 Å². The first-order valence-corrected chi connectivity index (χ1v) is 5.51. The van der Waals surface area contributed by atoms with Crippen molar-refractivity contribution in [3.8, 4) is 11.1 Å². The zero-order chi connectivity index (χ0) is 11.7. The molecule has 0 atom stereocenters. The summed E-state index contributed by atoms with van der Waals surface area (Å²) in [6.07, 6.45) is 0. The number of anilines is 1. The van der Waals surface area contributed by atoms with Crippen LogP contribution in [0.1, 0.15) is 16.7 Å². The highest BCUT2D eigenvalue weighted by atomic mass is 14.5. The van der Waals surface area contributed by atoms with Crippen LogP contribution in [0.3, 0.4) is 0 Å². The van der Waals surface area contributed by atoms with Crippen molar-refractivity contribution in [1.82, 2.24) is 0 Å². The van der Waals surface area contributed by atoms with E-state index in [0.717, 1.165) is 11.3 Å². The first kappa shape index (κ1) is 10.7. The van der Waals surface area contributed by atoms with E-state index in [2.05, 4.69) is 44.2 Å². The summed E-state index contributed by atoms with van der Waals surface area (Å²) in [5.41, 5.74) is 13.0. The third-order valence-electron chi connectivity index (χ3n) is 2.96. The maximum atomic E-state index is 5.83. The van der Waals surface area contributed by atoms with E-state index in [0.29, 0.717) is 0 Å². The summed E-state index contributed by atoms with van der Waals surface area (Å²) in [6.45, 7) is 6.31. The van der Waals surface area contributed by atoms with Gasteiger partial charge in [0.1, 0.15) is 0 Å². The summed E-state index contributed by atoms with van der Waals surface area (Å²) in [5.74, 6) is 0. The van der Waals surface area contributed by atoms with E-state index in [1.165, 1.54) is 22.3 Å². The van der Waals surface area contributed by atoms with Gasteiger partial charge in [-0.25, -0.2) is 0 Å². The number of hydrogen-bond acceptors (Lipinski definition) is 1. The predicted octanol–water partition coefficient (Wildman–Crippen LogP) is 3.86. The fraction of sp³-hybridized carbons (Fsp3) is 0.200. The fourth-order valence-electron chi connectivity index (χ4n) is 1.98. The van der Waals surface area contributed by atoms with Gasteiger partial charge in [0.05, 0.1) is 0 Å². The first-order chi connectivity index (χ1) is 7.58. The highest BCUT2D eigenvalue weighted by Gasteiger charge is 2.03. The van der Waals surface area contributed by atoms with E-state index in [9.17, 15) is 0 Å². The molecule has 0 aliphatic rings. The van der Waals surface area contributed by atoms with Crippen molar-refractivity contribution in [3.05, 3.63) is 53.1 Å². The Morgan fingerprint density at radius 3 is 2.19 bits per heavy atom. The van der Waals surface area contributed by atoms with Crippen molar-refractivity contribution in [2.24, 2.45) is 0 Å². The largest absolute Gasteiger partial charge is 0.399 e. The Hall–Kier alpha value is -1.76. The van der Waals surface area contributed by atoms with Crippen molar-refractivity contribution in [2.75, 3.05) is 5.73 Å². The summed E-state index contributed by atoms with van der Waals surface area (Å²) in [6, 6.07) is 12.7. The number of nitrogen functional groups attached to an aromatic ring is 1. The molecule has 0 amide bonds. The highest BCUT2D eigenvalue weighted by Crippen LogP contribution is 2.26.